The van der Waals surface area contributed by atoms with Gasteiger partial charge in [0.2, 0.25) is 11.8 Å². The van der Waals surface area contributed by atoms with Crippen LogP contribution in [0.15, 0.2) is 4.42 Å². The molecule has 0 saturated carbocycles. The molecule has 114 valence electrons. The Bertz CT molecular complexity index is 456. The average Bonchev–Trinajstić information content (AvgIpc) is 2.70. The van der Waals surface area contributed by atoms with Gasteiger partial charge in [-0.1, -0.05) is 0 Å². The van der Waals surface area contributed by atoms with Crippen molar-refractivity contribution in [3.8, 4) is 0 Å². The minimum atomic E-state index is -1.21. The molecule has 0 radical (unpaired) electrons. The van der Waals surface area contributed by atoms with E-state index in [0.717, 1.165) is 19.6 Å². The molecule has 0 aliphatic carbocycles. The van der Waals surface area contributed by atoms with E-state index >= 15 is 0 Å². The third-order valence-electron chi connectivity index (χ3n) is 3.28. The Morgan fingerprint density at radius 2 is 1.95 bits per heavy atom. The Labute approximate surface area is 123 Å². The normalized spacial score (nSPS) is 21.3. The molecule has 2 rings (SSSR count). The standard InChI is InChI=1S/C13H23N3O3S/c1-9-14-15-11(19-9)13(5,6-10-7-18-8-10)16-20(17)12(2,3)4/h10,16H,6-8H2,1-5H3. The molecular weight excluding hydrogens is 278 g/mol. The molecule has 7 heteroatoms. The molecule has 1 saturated heterocycles. The van der Waals surface area contributed by atoms with Crippen molar-refractivity contribution in [2.75, 3.05) is 13.2 Å². The summed E-state index contributed by atoms with van der Waals surface area (Å²) in [4.78, 5) is 0. The number of rotatable bonds is 5. The molecule has 20 heavy (non-hydrogen) atoms. The van der Waals surface area contributed by atoms with Crippen LogP contribution in [0.3, 0.4) is 0 Å². The van der Waals surface area contributed by atoms with Gasteiger partial charge in [0.25, 0.3) is 0 Å². The molecule has 2 atom stereocenters. The highest BCUT2D eigenvalue weighted by atomic mass is 32.2. The molecule has 1 aliphatic rings. The first-order chi connectivity index (χ1) is 9.21. The van der Waals surface area contributed by atoms with E-state index in [-0.39, 0.29) is 4.75 Å². The van der Waals surface area contributed by atoms with Gasteiger partial charge in [-0.3, -0.25) is 0 Å². The van der Waals surface area contributed by atoms with Crippen molar-refractivity contribution < 1.29 is 13.7 Å². The maximum absolute atomic E-state index is 12.4. The van der Waals surface area contributed by atoms with Crippen molar-refractivity contribution in [3.05, 3.63) is 11.8 Å². The topological polar surface area (TPSA) is 83.2 Å². The summed E-state index contributed by atoms with van der Waals surface area (Å²) in [6.07, 6.45) is 0.760. The second kappa shape index (κ2) is 5.63. The lowest BCUT2D eigenvalue weighted by Gasteiger charge is -2.37. The maximum atomic E-state index is 12.4. The quantitative estimate of drug-likeness (QED) is 0.833. The van der Waals surface area contributed by atoms with Crippen molar-refractivity contribution in [2.24, 2.45) is 5.92 Å². The first kappa shape index (κ1) is 15.8. The minimum absolute atomic E-state index is 0.355. The molecule has 0 bridgehead atoms. The summed E-state index contributed by atoms with van der Waals surface area (Å²) >= 11 is -1.21. The van der Waals surface area contributed by atoms with Crippen molar-refractivity contribution in [1.82, 2.24) is 14.9 Å². The molecule has 0 amide bonds. The smallest absolute Gasteiger partial charge is 0.240 e. The summed E-state index contributed by atoms with van der Waals surface area (Å²) < 4.78 is 26.1. The predicted molar refractivity (Wildman–Crippen MR) is 76.3 cm³/mol. The number of aryl methyl sites for hydroxylation is 1. The average molecular weight is 301 g/mol. The highest BCUT2D eigenvalue weighted by Gasteiger charge is 2.43. The number of ether oxygens (including phenoxy) is 1. The van der Waals surface area contributed by atoms with Crippen LogP contribution >= 0.6 is 0 Å². The van der Waals surface area contributed by atoms with Gasteiger partial charge in [0.15, 0.2) is 0 Å². The molecule has 0 aromatic carbocycles. The van der Waals surface area contributed by atoms with Crippen LogP contribution in [0.25, 0.3) is 0 Å². The van der Waals surface area contributed by atoms with E-state index in [1.54, 1.807) is 6.92 Å². The Hall–Kier alpha value is -0.630. The zero-order valence-corrected chi connectivity index (χ0v) is 13.5. The summed E-state index contributed by atoms with van der Waals surface area (Å²) in [7, 11) is 0. The summed E-state index contributed by atoms with van der Waals surface area (Å²) in [5, 5.41) is 8.00. The van der Waals surface area contributed by atoms with E-state index in [9.17, 15) is 4.55 Å². The molecule has 2 heterocycles. The zero-order chi connectivity index (χ0) is 15.0. The van der Waals surface area contributed by atoms with Gasteiger partial charge in [-0.2, -0.15) is 0 Å². The van der Waals surface area contributed by atoms with Gasteiger partial charge in [-0.25, -0.2) is 0 Å². The minimum Gasteiger partial charge on any atom is -0.598 e. The van der Waals surface area contributed by atoms with Crippen LogP contribution in [-0.2, 0) is 21.6 Å². The molecule has 1 N–H and O–H groups in total. The summed E-state index contributed by atoms with van der Waals surface area (Å²) in [5.41, 5.74) is -0.603. The fraction of sp³-hybridized carbons (Fsp3) is 0.846. The number of hydrogen-bond acceptors (Lipinski definition) is 6. The third-order valence-corrected chi connectivity index (χ3v) is 5.02. The fourth-order valence-corrected chi connectivity index (χ4v) is 2.92. The van der Waals surface area contributed by atoms with Gasteiger partial charge in [-0.05, 0) is 34.1 Å². The molecular formula is C13H23N3O3S. The van der Waals surface area contributed by atoms with Crippen molar-refractivity contribution in [3.63, 3.8) is 0 Å². The van der Waals surface area contributed by atoms with Gasteiger partial charge in [-0.15, -0.1) is 14.9 Å². The highest BCUT2D eigenvalue weighted by molar-refractivity contribution is 7.90. The van der Waals surface area contributed by atoms with Gasteiger partial charge >= 0.3 is 0 Å². The molecule has 2 unspecified atom stereocenters. The van der Waals surface area contributed by atoms with Crippen molar-refractivity contribution >= 4 is 11.4 Å². The highest BCUT2D eigenvalue weighted by Crippen LogP contribution is 2.33. The van der Waals surface area contributed by atoms with E-state index < -0.39 is 16.9 Å². The Morgan fingerprint density at radius 1 is 1.30 bits per heavy atom. The lowest BCUT2D eigenvalue weighted by molar-refractivity contribution is -0.0475. The van der Waals surface area contributed by atoms with E-state index in [2.05, 4.69) is 14.9 Å². The summed E-state index contributed by atoms with van der Waals surface area (Å²) in [6, 6.07) is 0. The molecule has 6 nitrogen and oxygen atoms in total. The number of nitrogens with one attached hydrogen (secondary N) is 1. The lowest BCUT2D eigenvalue weighted by Crippen LogP contribution is -2.52. The van der Waals surface area contributed by atoms with Gasteiger partial charge in [0.1, 0.15) is 10.3 Å². The molecule has 1 fully saturated rings. The first-order valence-electron chi connectivity index (χ1n) is 6.79. The molecule has 1 aromatic heterocycles. The van der Waals surface area contributed by atoms with Gasteiger partial charge in [0, 0.05) is 24.2 Å². The largest absolute Gasteiger partial charge is 0.598 e. The Balaban J connectivity index is 2.18. The van der Waals surface area contributed by atoms with Crippen LogP contribution in [0.1, 0.15) is 45.9 Å². The monoisotopic (exact) mass is 301 g/mol. The first-order valence-corrected chi connectivity index (χ1v) is 7.94. The van der Waals surface area contributed by atoms with Gasteiger partial charge < -0.3 is 13.7 Å². The number of hydrogen-bond donors (Lipinski definition) is 1. The second-order valence-corrected chi connectivity index (χ2v) is 8.52. The van der Waals surface area contributed by atoms with Crippen molar-refractivity contribution in [1.29, 1.82) is 0 Å². The Kier molecular flexibility index (Phi) is 4.44. The summed E-state index contributed by atoms with van der Waals surface area (Å²) in [5.74, 6) is 1.43. The van der Waals surface area contributed by atoms with Gasteiger partial charge in [0.05, 0.1) is 13.2 Å². The van der Waals surface area contributed by atoms with Crippen LogP contribution in [0.2, 0.25) is 0 Å². The van der Waals surface area contributed by atoms with Crippen LogP contribution in [-0.4, -0.2) is 32.7 Å². The van der Waals surface area contributed by atoms with Crippen LogP contribution in [0.4, 0.5) is 0 Å². The molecule has 1 aromatic rings. The molecule has 1 aliphatic heterocycles. The number of nitrogens with zero attached hydrogens (tertiary/aromatic N) is 2. The predicted octanol–water partition coefficient (Wildman–Crippen LogP) is 1.68. The van der Waals surface area contributed by atoms with Crippen LogP contribution in [0.5, 0.6) is 0 Å². The molecule has 0 spiro atoms. The van der Waals surface area contributed by atoms with E-state index in [4.69, 9.17) is 9.15 Å². The SMILES string of the molecule is Cc1nnc(C(C)(CC2COC2)N[S+]([O-])C(C)(C)C)o1. The summed E-state index contributed by atoms with van der Waals surface area (Å²) in [6.45, 7) is 11.0. The second-order valence-electron chi connectivity index (χ2n) is 6.55. The maximum Gasteiger partial charge on any atom is 0.240 e. The van der Waals surface area contributed by atoms with E-state index in [0.29, 0.717) is 17.7 Å². The van der Waals surface area contributed by atoms with E-state index in [1.165, 1.54) is 0 Å². The van der Waals surface area contributed by atoms with Crippen LogP contribution in [0, 0.1) is 12.8 Å². The van der Waals surface area contributed by atoms with Crippen molar-refractivity contribution in [2.45, 2.75) is 51.3 Å². The number of aromatic nitrogens is 2. The zero-order valence-electron chi connectivity index (χ0n) is 12.7. The van der Waals surface area contributed by atoms with E-state index in [1.807, 2.05) is 27.7 Å². The van der Waals surface area contributed by atoms with Crippen LogP contribution < -0.4 is 4.72 Å². The fourth-order valence-electron chi connectivity index (χ4n) is 2.03. The lowest BCUT2D eigenvalue weighted by atomic mass is 9.88. The Morgan fingerprint density at radius 3 is 2.35 bits per heavy atom. The third kappa shape index (κ3) is 3.52.